The van der Waals surface area contributed by atoms with Crippen molar-refractivity contribution in [3.8, 4) is 0 Å². The van der Waals surface area contributed by atoms with Crippen LogP contribution < -0.4 is 10.6 Å². The molecule has 1 aliphatic rings. The first-order chi connectivity index (χ1) is 14.2. The second kappa shape index (κ2) is 12.0. The van der Waals surface area contributed by atoms with Gasteiger partial charge in [0, 0.05) is 43.5 Å². The Morgan fingerprint density at radius 1 is 1.31 bits per heavy atom. The first kappa shape index (κ1) is 21.9. The Morgan fingerprint density at radius 2 is 2.17 bits per heavy atom. The zero-order valence-corrected chi connectivity index (χ0v) is 18.4. The van der Waals surface area contributed by atoms with E-state index in [9.17, 15) is 0 Å². The molecular formula is C22H34N4O2S. The number of likely N-dealkylation sites (tertiary alicyclic amines) is 1. The highest BCUT2D eigenvalue weighted by Gasteiger charge is 2.20. The normalized spacial score (nSPS) is 16.4. The number of hydrogen-bond acceptors (Lipinski definition) is 5. The van der Waals surface area contributed by atoms with Crippen molar-refractivity contribution >= 4 is 17.3 Å². The van der Waals surface area contributed by atoms with E-state index in [1.807, 2.05) is 12.1 Å². The molecule has 0 radical (unpaired) electrons. The van der Waals surface area contributed by atoms with Crippen molar-refractivity contribution in [2.45, 2.75) is 51.8 Å². The Bertz CT molecular complexity index is 692. The van der Waals surface area contributed by atoms with Gasteiger partial charge in [-0.05, 0) is 50.3 Å². The molecule has 0 bridgehead atoms. The summed E-state index contributed by atoms with van der Waals surface area (Å²) in [5.41, 5.74) is 0. The maximum atomic E-state index is 5.69. The molecular weight excluding hydrogens is 384 g/mol. The zero-order valence-electron chi connectivity index (χ0n) is 17.6. The smallest absolute Gasteiger partial charge is 0.191 e. The number of thiophene rings is 1. The summed E-state index contributed by atoms with van der Waals surface area (Å²) in [7, 11) is 0. The largest absolute Gasteiger partial charge is 0.469 e. The summed E-state index contributed by atoms with van der Waals surface area (Å²) < 4.78 is 11.1. The predicted molar refractivity (Wildman–Crippen MR) is 120 cm³/mol. The van der Waals surface area contributed by atoms with E-state index >= 15 is 0 Å². The second-order valence-corrected chi connectivity index (χ2v) is 8.71. The third-order valence-corrected chi connectivity index (χ3v) is 5.87. The number of ether oxygens (including phenoxy) is 1. The molecule has 7 heteroatoms. The lowest BCUT2D eigenvalue weighted by atomic mass is 10.1. The highest BCUT2D eigenvalue weighted by Crippen LogP contribution is 2.12. The van der Waals surface area contributed by atoms with Gasteiger partial charge in [0.25, 0.3) is 0 Å². The minimum Gasteiger partial charge on any atom is -0.469 e. The first-order valence-electron chi connectivity index (χ1n) is 10.6. The van der Waals surface area contributed by atoms with Crippen LogP contribution in [0.15, 0.2) is 45.3 Å². The molecule has 0 spiro atoms. The van der Waals surface area contributed by atoms with Gasteiger partial charge in [0.2, 0.25) is 0 Å². The molecule has 6 nitrogen and oxygen atoms in total. The molecule has 2 aromatic rings. The summed E-state index contributed by atoms with van der Waals surface area (Å²) in [6, 6.07) is 8.60. The van der Waals surface area contributed by atoms with Crippen molar-refractivity contribution in [3.63, 3.8) is 0 Å². The third kappa shape index (κ3) is 8.20. The van der Waals surface area contributed by atoms with Gasteiger partial charge in [0.1, 0.15) is 5.76 Å². The van der Waals surface area contributed by atoms with E-state index in [0.717, 1.165) is 63.8 Å². The number of aliphatic imine (C=N–C) groups is 1. The van der Waals surface area contributed by atoms with Crippen LogP contribution in [0.2, 0.25) is 0 Å². The number of guanidine groups is 1. The lowest BCUT2D eigenvalue weighted by Gasteiger charge is -2.33. The maximum Gasteiger partial charge on any atom is 0.191 e. The van der Waals surface area contributed by atoms with Crippen LogP contribution in [0, 0.1) is 0 Å². The van der Waals surface area contributed by atoms with Crippen molar-refractivity contribution in [3.05, 3.63) is 46.5 Å². The fourth-order valence-corrected chi connectivity index (χ4v) is 4.01. The van der Waals surface area contributed by atoms with Gasteiger partial charge < -0.3 is 24.7 Å². The van der Waals surface area contributed by atoms with Crippen molar-refractivity contribution in [2.75, 3.05) is 32.8 Å². The lowest BCUT2D eigenvalue weighted by molar-refractivity contribution is 0.0532. The highest BCUT2D eigenvalue weighted by molar-refractivity contribution is 7.09. The molecule has 1 saturated heterocycles. The number of nitrogens with one attached hydrogen (secondary N) is 2. The predicted octanol–water partition coefficient (Wildman–Crippen LogP) is 3.51. The van der Waals surface area contributed by atoms with Gasteiger partial charge >= 0.3 is 0 Å². The molecule has 160 valence electrons. The van der Waals surface area contributed by atoms with Gasteiger partial charge in [-0.3, -0.25) is 0 Å². The van der Waals surface area contributed by atoms with Gasteiger partial charge in [-0.2, -0.15) is 0 Å². The monoisotopic (exact) mass is 418 g/mol. The highest BCUT2D eigenvalue weighted by atomic mass is 32.1. The van der Waals surface area contributed by atoms with Crippen LogP contribution in [0.4, 0.5) is 0 Å². The average Bonchev–Trinajstić information content (AvgIpc) is 3.41. The van der Waals surface area contributed by atoms with Gasteiger partial charge in [0.05, 0.1) is 25.5 Å². The number of piperidine rings is 1. The summed E-state index contributed by atoms with van der Waals surface area (Å²) in [6.45, 7) is 9.73. The van der Waals surface area contributed by atoms with Crippen LogP contribution in [0.5, 0.6) is 0 Å². The fraction of sp³-hybridized carbons (Fsp3) is 0.591. The lowest BCUT2D eigenvalue weighted by Crippen LogP contribution is -2.49. The van der Waals surface area contributed by atoms with Crippen LogP contribution >= 0.6 is 11.3 Å². The van der Waals surface area contributed by atoms with E-state index < -0.39 is 0 Å². The van der Waals surface area contributed by atoms with E-state index in [1.54, 1.807) is 17.6 Å². The average molecular weight is 419 g/mol. The van der Waals surface area contributed by atoms with Gasteiger partial charge in [-0.25, -0.2) is 4.99 Å². The van der Waals surface area contributed by atoms with E-state index in [2.05, 4.69) is 46.9 Å². The molecule has 3 rings (SSSR count). The van der Waals surface area contributed by atoms with Crippen LogP contribution in [-0.4, -0.2) is 55.8 Å². The summed E-state index contributed by atoms with van der Waals surface area (Å²) in [6.07, 6.45) is 5.13. The van der Waals surface area contributed by atoms with Crippen LogP contribution in [0.25, 0.3) is 0 Å². The van der Waals surface area contributed by atoms with Crippen LogP contribution in [0.3, 0.4) is 0 Å². The number of furan rings is 1. The molecule has 1 fully saturated rings. The molecule has 1 aliphatic heterocycles. The number of rotatable bonds is 10. The quantitative estimate of drug-likeness (QED) is 0.457. The Kier molecular flexibility index (Phi) is 9.05. The SMILES string of the molecule is CC(C)OCCN1CCC(NC(=NCc2cccs2)NCCc2ccco2)CC1. The number of nitrogens with zero attached hydrogens (tertiary/aromatic N) is 2. The van der Waals surface area contributed by atoms with Crippen molar-refractivity contribution < 1.29 is 9.15 Å². The molecule has 2 N–H and O–H groups in total. The van der Waals surface area contributed by atoms with Crippen molar-refractivity contribution in [1.82, 2.24) is 15.5 Å². The number of hydrogen-bond donors (Lipinski definition) is 2. The van der Waals surface area contributed by atoms with E-state index in [-0.39, 0.29) is 0 Å². The van der Waals surface area contributed by atoms with Gasteiger partial charge in [-0.1, -0.05) is 6.07 Å². The Morgan fingerprint density at radius 3 is 2.86 bits per heavy atom. The molecule has 2 aromatic heterocycles. The Hall–Kier alpha value is -1.83. The van der Waals surface area contributed by atoms with Crippen LogP contribution in [0.1, 0.15) is 37.3 Å². The zero-order chi connectivity index (χ0) is 20.3. The fourth-order valence-electron chi connectivity index (χ4n) is 3.38. The van der Waals surface area contributed by atoms with E-state index in [0.29, 0.717) is 18.7 Å². The second-order valence-electron chi connectivity index (χ2n) is 7.68. The maximum absolute atomic E-state index is 5.69. The Balaban J connectivity index is 1.45. The molecule has 0 amide bonds. The van der Waals surface area contributed by atoms with Crippen molar-refractivity contribution in [2.24, 2.45) is 4.99 Å². The molecule has 0 aromatic carbocycles. The summed E-state index contributed by atoms with van der Waals surface area (Å²) in [5.74, 6) is 1.89. The van der Waals surface area contributed by atoms with Crippen LogP contribution in [-0.2, 0) is 17.7 Å². The Labute approximate surface area is 178 Å². The molecule has 0 aliphatic carbocycles. The minimum atomic E-state index is 0.309. The summed E-state index contributed by atoms with van der Waals surface area (Å²) in [4.78, 5) is 8.58. The molecule has 0 atom stereocenters. The molecule has 0 unspecified atom stereocenters. The molecule has 29 heavy (non-hydrogen) atoms. The van der Waals surface area contributed by atoms with E-state index in [4.69, 9.17) is 14.1 Å². The first-order valence-corrected chi connectivity index (χ1v) is 11.5. The minimum absolute atomic E-state index is 0.309. The summed E-state index contributed by atoms with van der Waals surface area (Å²) >= 11 is 1.75. The van der Waals surface area contributed by atoms with Gasteiger partial charge in [-0.15, -0.1) is 11.3 Å². The standard InChI is InChI=1S/C22H34N4O2S/c1-18(2)27-15-13-26-11-8-19(9-12-26)25-22(24-17-21-6-4-16-29-21)23-10-7-20-5-3-14-28-20/h3-6,14,16,18-19H,7-13,15,17H2,1-2H3,(H2,23,24,25). The topological polar surface area (TPSA) is 62.0 Å². The molecule has 0 saturated carbocycles. The van der Waals surface area contributed by atoms with Crippen molar-refractivity contribution in [1.29, 1.82) is 0 Å². The summed E-state index contributed by atoms with van der Waals surface area (Å²) in [5, 5.41) is 9.22. The van der Waals surface area contributed by atoms with Gasteiger partial charge in [0.15, 0.2) is 5.96 Å². The molecule has 3 heterocycles. The third-order valence-electron chi connectivity index (χ3n) is 5.00. The van der Waals surface area contributed by atoms with E-state index in [1.165, 1.54) is 4.88 Å².